The number of hydrogen-bond donors (Lipinski definition) is 1. The molecule has 3 aromatic carbocycles. The molecule has 0 unspecified atom stereocenters. The molecule has 0 aliphatic carbocycles. The Morgan fingerprint density at radius 1 is 0.935 bits per heavy atom. The van der Waals surface area contributed by atoms with Crippen molar-refractivity contribution < 1.29 is 18.7 Å². The number of furan rings is 1. The standard InChI is InChI=1S/C26H23NO4/c1-18-11-12-22-21(16-30-24(22)13-18)15-26(29)31-17-25(28)27-23-10-6-5-9-20(23)14-19-7-3-2-4-8-19/h2-13,16H,14-15,17H2,1H3,(H,27,28). The van der Waals surface area contributed by atoms with E-state index < -0.39 is 5.97 Å². The van der Waals surface area contributed by atoms with Crippen molar-refractivity contribution in [2.24, 2.45) is 0 Å². The highest BCUT2D eigenvalue weighted by Crippen LogP contribution is 2.23. The van der Waals surface area contributed by atoms with E-state index in [9.17, 15) is 9.59 Å². The molecule has 0 saturated carbocycles. The van der Waals surface area contributed by atoms with Crippen molar-refractivity contribution in [3.8, 4) is 0 Å². The SMILES string of the molecule is Cc1ccc2c(CC(=O)OCC(=O)Nc3ccccc3Cc3ccccc3)coc2c1. The average molecular weight is 413 g/mol. The molecule has 1 N–H and O–H groups in total. The molecule has 0 atom stereocenters. The lowest BCUT2D eigenvalue weighted by atomic mass is 10.0. The minimum Gasteiger partial charge on any atom is -0.464 e. The van der Waals surface area contributed by atoms with Gasteiger partial charge in [-0.15, -0.1) is 0 Å². The van der Waals surface area contributed by atoms with Gasteiger partial charge in [-0.2, -0.15) is 0 Å². The van der Waals surface area contributed by atoms with Gasteiger partial charge < -0.3 is 14.5 Å². The molecule has 1 aromatic heterocycles. The molecule has 1 amide bonds. The third-order valence-corrected chi connectivity index (χ3v) is 5.04. The number of carbonyl (C=O) groups excluding carboxylic acids is 2. The summed E-state index contributed by atoms with van der Waals surface area (Å²) in [5.41, 5.74) is 5.42. The zero-order valence-electron chi connectivity index (χ0n) is 17.3. The number of amides is 1. The van der Waals surface area contributed by atoms with Crippen LogP contribution in [0.1, 0.15) is 22.3 Å². The highest BCUT2D eigenvalue weighted by molar-refractivity contribution is 5.94. The molecule has 4 rings (SSSR count). The smallest absolute Gasteiger partial charge is 0.310 e. The van der Waals surface area contributed by atoms with Gasteiger partial charge in [0.2, 0.25) is 0 Å². The van der Waals surface area contributed by atoms with Crippen LogP contribution in [0.25, 0.3) is 11.0 Å². The van der Waals surface area contributed by atoms with Crippen LogP contribution in [-0.2, 0) is 27.2 Å². The Hall–Kier alpha value is -3.86. The third-order valence-electron chi connectivity index (χ3n) is 5.04. The lowest BCUT2D eigenvalue weighted by Crippen LogP contribution is -2.22. The molecule has 0 bridgehead atoms. The van der Waals surface area contributed by atoms with Gasteiger partial charge in [-0.3, -0.25) is 9.59 Å². The fourth-order valence-electron chi connectivity index (χ4n) is 3.48. The third kappa shape index (κ3) is 5.20. The molecule has 0 saturated heterocycles. The van der Waals surface area contributed by atoms with Crippen LogP contribution >= 0.6 is 0 Å². The van der Waals surface area contributed by atoms with Gasteiger partial charge in [0, 0.05) is 16.6 Å². The number of rotatable bonds is 7. The summed E-state index contributed by atoms with van der Waals surface area (Å²) in [7, 11) is 0. The number of aryl methyl sites for hydroxylation is 1. The fourth-order valence-corrected chi connectivity index (χ4v) is 3.48. The molecule has 0 aliphatic rings. The first-order chi connectivity index (χ1) is 15.1. The Kier molecular flexibility index (Phi) is 6.13. The molecular formula is C26H23NO4. The van der Waals surface area contributed by atoms with Gasteiger partial charge in [0.25, 0.3) is 5.91 Å². The van der Waals surface area contributed by atoms with Crippen molar-refractivity contribution in [3.63, 3.8) is 0 Å². The molecule has 1 heterocycles. The van der Waals surface area contributed by atoms with Gasteiger partial charge in [0.1, 0.15) is 5.58 Å². The number of anilines is 1. The molecule has 0 fully saturated rings. The quantitative estimate of drug-likeness (QED) is 0.430. The number of benzene rings is 3. The second-order valence-corrected chi connectivity index (χ2v) is 7.47. The molecule has 156 valence electrons. The van der Waals surface area contributed by atoms with E-state index in [0.717, 1.165) is 33.2 Å². The van der Waals surface area contributed by atoms with Gasteiger partial charge in [0.05, 0.1) is 12.7 Å². The van der Waals surface area contributed by atoms with Gasteiger partial charge in [0.15, 0.2) is 6.61 Å². The van der Waals surface area contributed by atoms with Gasteiger partial charge in [-0.25, -0.2) is 0 Å². The van der Waals surface area contributed by atoms with Crippen molar-refractivity contribution in [2.75, 3.05) is 11.9 Å². The van der Waals surface area contributed by atoms with Crippen LogP contribution < -0.4 is 5.32 Å². The normalized spacial score (nSPS) is 10.7. The van der Waals surface area contributed by atoms with E-state index in [2.05, 4.69) is 5.32 Å². The molecule has 0 radical (unpaired) electrons. The maximum absolute atomic E-state index is 12.4. The number of hydrogen-bond acceptors (Lipinski definition) is 4. The van der Waals surface area contributed by atoms with E-state index in [4.69, 9.17) is 9.15 Å². The van der Waals surface area contributed by atoms with Crippen molar-refractivity contribution in [3.05, 3.63) is 101 Å². The minimum absolute atomic E-state index is 0.0495. The number of esters is 1. The minimum atomic E-state index is -0.476. The number of ether oxygens (including phenoxy) is 1. The topological polar surface area (TPSA) is 68.5 Å². The van der Waals surface area contributed by atoms with E-state index in [1.165, 1.54) is 0 Å². The van der Waals surface area contributed by atoms with Gasteiger partial charge >= 0.3 is 5.97 Å². The molecule has 0 aliphatic heterocycles. The van der Waals surface area contributed by atoms with Crippen LogP contribution in [0.15, 0.2) is 83.5 Å². The van der Waals surface area contributed by atoms with Gasteiger partial charge in [-0.05, 0) is 42.2 Å². The number of carbonyl (C=O) groups is 2. The van der Waals surface area contributed by atoms with E-state index in [1.54, 1.807) is 6.26 Å². The molecule has 5 nitrogen and oxygen atoms in total. The summed E-state index contributed by atoms with van der Waals surface area (Å²) in [6.45, 7) is 1.64. The van der Waals surface area contributed by atoms with Crippen molar-refractivity contribution in [1.82, 2.24) is 0 Å². The summed E-state index contributed by atoms with van der Waals surface area (Å²) in [6, 6.07) is 23.5. The van der Waals surface area contributed by atoms with Crippen LogP contribution in [0.5, 0.6) is 0 Å². The van der Waals surface area contributed by atoms with Crippen molar-refractivity contribution in [2.45, 2.75) is 19.8 Å². The molecule has 4 aromatic rings. The maximum Gasteiger partial charge on any atom is 0.310 e. The molecular weight excluding hydrogens is 390 g/mol. The summed E-state index contributed by atoms with van der Waals surface area (Å²) >= 11 is 0. The molecule has 31 heavy (non-hydrogen) atoms. The molecule has 5 heteroatoms. The van der Waals surface area contributed by atoms with Crippen LogP contribution in [-0.4, -0.2) is 18.5 Å². The highest BCUT2D eigenvalue weighted by atomic mass is 16.5. The summed E-state index contributed by atoms with van der Waals surface area (Å²) in [6.07, 6.45) is 2.31. The number of para-hydroxylation sites is 1. The first kappa shape index (κ1) is 20.4. The highest BCUT2D eigenvalue weighted by Gasteiger charge is 2.14. The van der Waals surface area contributed by atoms with Crippen LogP contribution in [0.3, 0.4) is 0 Å². The largest absolute Gasteiger partial charge is 0.464 e. The Labute approximate surface area is 180 Å². The summed E-state index contributed by atoms with van der Waals surface area (Å²) < 4.78 is 10.7. The Balaban J connectivity index is 1.33. The first-order valence-corrected chi connectivity index (χ1v) is 10.1. The lowest BCUT2D eigenvalue weighted by molar-refractivity contribution is -0.146. The first-order valence-electron chi connectivity index (χ1n) is 10.1. The number of fused-ring (bicyclic) bond motifs is 1. The molecule has 0 spiro atoms. The van der Waals surface area contributed by atoms with Crippen LogP contribution in [0.4, 0.5) is 5.69 Å². The lowest BCUT2D eigenvalue weighted by Gasteiger charge is -2.11. The van der Waals surface area contributed by atoms with E-state index in [1.807, 2.05) is 79.7 Å². The Morgan fingerprint density at radius 2 is 1.71 bits per heavy atom. The van der Waals surface area contributed by atoms with E-state index in [-0.39, 0.29) is 18.9 Å². The predicted molar refractivity (Wildman–Crippen MR) is 120 cm³/mol. The second-order valence-electron chi connectivity index (χ2n) is 7.47. The summed E-state index contributed by atoms with van der Waals surface area (Å²) in [4.78, 5) is 24.6. The fraction of sp³-hybridized carbons (Fsp3) is 0.154. The predicted octanol–water partition coefficient (Wildman–Crippen LogP) is 5.06. The van der Waals surface area contributed by atoms with Crippen LogP contribution in [0.2, 0.25) is 0 Å². The summed E-state index contributed by atoms with van der Waals surface area (Å²) in [5, 5.41) is 3.72. The zero-order chi connectivity index (χ0) is 21.6. The average Bonchev–Trinajstić information content (AvgIpc) is 3.16. The zero-order valence-corrected chi connectivity index (χ0v) is 17.3. The second kappa shape index (κ2) is 9.30. The maximum atomic E-state index is 12.4. The van der Waals surface area contributed by atoms with E-state index in [0.29, 0.717) is 12.1 Å². The number of nitrogens with one attached hydrogen (secondary N) is 1. The van der Waals surface area contributed by atoms with Gasteiger partial charge in [-0.1, -0.05) is 60.7 Å². The monoisotopic (exact) mass is 413 g/mol. The summed E-state index contributed by atoms with van der Waals surface area (Å²) in [5.74, 6) is -0.850. The Morgan fingerprint density at radius 3 is 2.55 bits per heavy atom. The van der Waals surface area contributed by atoms with Crippen molar-refractivity contribution in [1.29, 1.82) is 0 Å². The Bertz CT molecular complexity index is 1210. The van der Waals surface area contributed by atoms with E-state index >= 15 is 0 Å². The van der Waals surface area contributed by atoms with Crippen molar-refractivity contribution >= 4 is 28.5 Å². The van der Waals surface area contributed by atoms with Crippen LogP contribution in [0, 0.1) is 6.92 Å².